The molecule has 0 aliphatic heterocycles. The Balaban J connectivity index is 2.39. The monoisotopic (exact) mass is 323 g/mol. The van der Waals surface area contributed by atoms with Crippen molar-refractivity contribution < 1.29 is 19.4 Å². The van der Waals surface area contributed by atoms with Crippen molar-refractivity contribution in [3.05, 3.63) is 53.6 Å². The van der Waals surface area contributed by atoms with Crippen LogP contribution < -0.4 is 9.47 Å². The number of carboxylic acid groups (broad SMARTS) is 1. The van der Waals surface area contributed by atoms with Crippen molar-refractivity contribution in [3.63, 3.8) is 0 Å². The number of aromatic carboxylic acids is 1. The third-order valence-corrected chi connectivity index (χ3v) is 3.96. The average molecular weight is 323 g/mol. The first kappa shape index (κ1) is 15.8. The minimum atomic E-state index is -1.02. The Morgan fingerprint density at radius 3 is 2.46 bits per heavy atom. The van der Waals surface area contributed by atoms with E-state index in [9.17, 15) is 9.90 Å². The molecule has 2 aromatic carbocycles. The quantitative estimate of drug-likeness (QED) is 0.788. The van der Waals surface area contributed by atoms with Gasteiger partial charge in [-0.2, -0.15) is 0 Å². The molecular formula is C19H17NO4. The van der Waals surface area contributed by atoms with E-state index in [-0.39, 0.29) is 5.56 Å². The van der Waals surface area contributed by atoms with Crippen molar-refractivity contribution in [1.29, 1.82) is 0 Å². The molecule has 0 saturated heterocycles. The zero-order valence-electron chi connectivity index (χ0n) is 13.7. The van der Waals surface area contributed by atoms with Gasteiger partial charge in [-0.15, -0.1) is 0 Å². The number of pyridine rings is 1. The molecule has 0 saturated carbocycles. The Hall–Kier alpha value is -3.08. The van der Waals surface area contributed by atoms with Crippen molar-refractivity contribution >= 4 is 16.9 Å². The van der Waals surface area contributed by atoms with Gasteiger partial charge in [0.2, 0.25) is 0 Å². The molecule has 1 heterocycles. The van der Waals surface area contributed by atoms with Crippen molar-refractivity contribution in [2.75, 3.05) is 14.2 Å². The highest BCUT2D eigenvalue weighted by Crippen LogP contribution is 2.35. The van der Waals surface area contributed by atoms with Gasteiger partial charge in [0, 0.05) is 17.0 Å². The number of aryl methyl sites for hydroxylation is 1. The summed E-state index contributed by atoms with van der Waals surface area (Å²) in [5, 5.41) is 10.1. The zero-order valence-corrected chi connectivity index (χ0v) is 13.7. The maximum Gasteiger partial charge on any atom is 0.336 e. The van der Waals surface area contributed by atoms with Crippen LogP contribution in [0.25, 0.3) is 22.2 Å². The predicted molar refractivity (Wildman–Crippen MR) is 92.0 cm³/mol. The van der Waals surface area contributed by atoms with Gasteiger partial charge < -0.3 is 14.6 Å². The van der Waals surface area contributed by atoms with E-state index in [2.05, 4.69) is 4.98 Å². The van der Waals surface area contributed by atoms with Crippen LogP contribution in [0.3, 0.4) is 0 Å². The summed E-state index contributed by atoms with van der Waals surface area (Å²) in [6, 6.07) is 12.7. The van der Waals surface area contributed by atoms with Crippen LogP contribution in [-0.2, 0) is 0 Å². The third-order valence-electron chi connectivity index (χ3n) is 3.96. The Labute approximate surface area is 139 Å². The number of fused-ring (bicyclic) bond motifs is 1. The van der Waals surface area contributed by atoms with E-state index in [0.29, 0.717) is 28.1 Å². The molecule has 24 heavy (non-hydrogen) atoms. The van der Waals surface area contributed by atoms with Gasteiger partial charge in [0.15, 0.2) is 0 Å². The van der Waals surface area contributed by atoms with Gasteiger partial charge in [0.1, 0.15) is 17.0 Å². The van der Waals surface area contributed by atoms with E-state index in [1.165, 1.54) is 14.2 Å². The first-order chi connectivity index (χ1) is 11.5. The largest absolute Gasteiger partial charge is 0.497 e. The molecule has 1 aromatic heterocycles. The van der Waals surface area contributed by atoms with Crippen LogP contribution in [-0.4, -0.2) is 30.3 Å². The van der Waals surface area contributed by atoms with E-state index in [0.717, 1.165) is 11.1 Å². The molecule has 0 fully saturated rings. The Kier molecular flexibility index (Phi) is 4.08. The summed E-state index contributed by atoms with van der Waals surface area (Å²) in [6.07, 6.45) is 0. The Morgan fingerprint density at radius 2 is 1.83 bits per heavy atom. The van der Waals surface area contributed by atoms with Gasteiger partial charge in [-0.3, -0.25) is 0 Å². The fourth-order valence-corrected chi connectivity index (χ4v) is 2.72. The fourth-order valence-electron chi connectivity index (χ4n) is 2.72. The Bertz CT molecular complexity index is 934. The number of rotatable bonds is 4. The number of methoxy groups -OCH3 is 2. The lowest BCUT2D eigenvalue weighted by molar-refractivity contribution is 0.0699. The lowest BCUT2D eigenvalue weighted by Gasteiger charge is -2.13. The van der Waals surface area contributed by atoms with Crippen LogP contribution in [0.15, 0.2) is 42.5 Å². The van der Waals surface area contributed by atoms with Crippen LogP contribution in [0.1, 0.15) is 15.9 Å². The second-order valence-electron chi connectivity index (χ2n) is 5.40. The standard InChI is InChI=1S/C19H17NO4/c1-11-6-4-5-7-13(11)16-10-15(19(21)22)14-8-12(23-2)9-17(24-3)18(14)20-16/h4-10H,1-3H3,(H,21,22). The highest BCUT2D eigenvalue weighted by atomic mass is 16.5. The van der Waals surface area contributed by atoms with Gasteiger partial charge in [-0.05, 0) is 24.6 Å². The molecule has 5 nitrogen and oxygen atoms in total. The second kappa shape index (κ2) is 6.20. The van der Waals surface area contributed by atoms with Gasteiger partial charge in [-0.1, -0.05) is 24.3 Å². The van der Waals surface area contributed by atoms with Crippen molar-refractivity contribution in [2.24, 2.45) is 0 Å². The van der Waals surface area contributed by atoms with Gasteiger partial charge in [0.05, 0.1) is 25.5 Å². The number of aromatic nitrogens is 1. The van der Waals surface area contributed by atoms with Crippen LogP contribution >= 0.6 is 0 Å². The maximum absolute atomic E-state index is 11.8. The summed E-state index contributed by atoms with van der Waals surface area (Å²) < 4.78 is 10.6. The molecule has 0 aliphatic rings. The lowest BCUT2D eigenvalue weighted by Crippen LogP contribution is -2.02. The molecule has 5 heteroatoms. The summed E-state index contributed by atoms with van der Waals surface area (Å²) >= 11 is 0. The van der Waals surface area contributed by atoms with E-state index < -0.39 is 5.97 Å². The molecule has 122 valence electrons. The van der Waals surface area contributed by atoms with E-state index >= 15 is 0 Å². The number of nitrogens with zero attached hydrogens (tertiary/aromatic N) is 1. The van der Waals surface area contributed by atoms with E-state index in [1.807, 2.05) is 31.2 Å². The van der Waals surface area contributed by atoms with Gasteiger partial charge in [-0.25, -0.2) is 9.78 Å². The van der Waals surface area contributed by atoms with Crippen molar-refractivity contribution in [3.8, 4) is 22.8 Å². The molecule has 0 aliphatic carbocycles. The van der Waals surface area contributed by atoms with Crippen molar-refractivity contribution in [2.45, 2.75) is 6.92 Å². The predicted octanol–water partition coefficient (Wildman–Crippen LogP) is 3.93. The summed E-state index contributed by atoms with van der Waals surface area (Å²) in [6.45, 7) is 1.97. The number of carbonyl (C=O) groups is 1. The molecule has 0 atom stereocenters. The van der Waals surface area contributed by atoms with Gasteiger partial charge in [0.25, 0.3) is 0 Å². The molecule has 1 N–H and O–H groups in total. The van der Waals surface area contributed by atoms with Crippen LogP contribution in [0.4, 0.5) is 0 Å². The minimum absolute atomic E-state index is 0.162. The molecule has 0 bridgehead atoms. The highest BCUT2D eigenvalue weighted by Gasteiger charge is 2.18. The SMILES string of the molecule is COc1cc(OC)c2nc(-c3ccccc3C)cc(C(=O)O)c2c1. The first-order valence-electron chi connectivity index (χ1n) is 7.41. The topological polar surface area (TPSA) is 68.7 Å². The maximum atomic E-state index is 11.8. The molecule has 0 radical (unpaired) electrons. The smallest absolute Gasteiger partial charge is 0.336 e. The molecule has 3 rings (SSSR count). The third kappa shape index (κ3) is 2.65. The van der Waals surface area contributed by atoms with Crippen LogP contribution in [0.2, 0.25) is 0 Å². The lowest BCUT2D eigenvalue weighted by atomic mass is 10.0. The summed E-state index contributed by atoms with van der Waals surface area (Å²) in [5.74, 6) is -0.0258. The molecule has 0 amide bonds. The summed E-state index contributed by atoms with van der Waals surface area (Å²) in [7, 11) is 3.05. The van der Waals surface area contributed by atoms with Crippen molar-refractivity contribution in [1.82, 2.24) is 4.98 Å². The number of hydrogen-bond acceptors (Lipinski definition) is 4. The average Bonchev–Trinajstić information content (AvgIpc) is 2.60. The molecule has 3 aromatic rings. The number of ether oxygens (including phenoxy) is 2. The Morgan fingerprint density at radius 1 is 1.08 bits per heavy atom. The van der Waals surface area contributed by atoms with Crippen LogP contribution in [0.5, 0.6) is 11.5 Å². The summed E-state index contributed by atoms with van der Waals surface area (Å²) in [5.41, 5.74) is 3.17. The van der Waals surface area contributed by atoms with Gasteiger partial charge >= 0.3 is 5.97 Å². The normalized spacial score (nSPS) is 10.6. The first-order valence-corrected chi connectivity index (χ1v) is 7.41. The van der Waals surface area contributed by atoms with E-state index in [4.69, 9.17) is 9.47 Å². The number of hydrogen-bond donors (Lipinski definition) is 1. The number of carboxylic acids is 1. The minimum Gasteiger partial charge on any atom is -0.497 e. The second-order valence-corrected chi connectivity index (χ2v) is 5.40. The van der Waals surface area contributed by atoms with Crippen LogP contribution in [0, 0.1) is 6.92 Å². The zero-order chi connectivity index (χ0) is 17.3. The molecule has 0 spiro atoms. The highest BCUT2D eigenvalue weighted by molar-refractivity contribution is 6.05. The number of benzene rings is 2. The van der Waals surface area contributed by atoms with E-state index in [1.54, 1.807) is 18.2 Å². The molecule has 0 unspecified atom stereocenters. The summed E-state index contributed by atoms with van der Waals surface area (Å²) in [4.78, 5) is 16.4. The fraction of sp³-hybridized carbons (Fsp3) is 0.158. The molecular weight excluding hydrogens is 306 g/mol.